The first-order chi connectivity index (χ1) is 15.1. The van der Waals surface area contributed by atoms with E-state index in [1.807, 2.05) is 20.8 Å². The summed E-state index contributed by atoms with van der Waals surface area (Å²) >= 11 is 0. The average molecular weight is 459 g/mol. The van der Waals surface area contributed by atoms with E-state index in [1.165, 1.54) is 22.4 Å². The Labute approximate surface area is 200 Å². The number of nitrogens with zero attached hydrogens (tertiary/aromatic N) is 2. The van der Waals surface area contributed by atoms with Crippen molar-refractivity contribution in [1.29, 1.82) is 0 Å². The van der Waals surface area contributed by atoms with E-state index in [2.05, 4.69) is 52.5 Å². The smallest absolute Gasteiger partial charge is 0.444 e. The molecule has 3 rings (SSSR count). The minimum absolute atomic E-state index is 0.243. The molecule has 7 nitrogen and oxygen atoms in total. The lowest BCUT2D eigenvalue weighted by atomic mass is 9.78. The summed E-state index contributed by atoms with van der Waals surface area (Å²) in [6.45, 7) is 21.6. The van der Waals surface area contributed by atoms with E-state index in [1.54, 1.807) is 4.90 Å². The second-order valence-electron chi connectivity index (χ2n) is 11.3. The van der Waals surface area contributed by atoms with Crippen molar-refractivity contribution in [2.24, 2.45) is 5.73 Å². The van der Waals surface area contributed by atoms with Crippen molar-refractivity contribution < 1.29 is 18.8 Å². The van der Waals surface area contributed by atoms with Gasteiger partial charge in [-0.05, 0) is 84.6 Å². The standard InChI is InChI=1S/C25H42BN3O4/c1-17-19(15-26-32-24(6,7)25(8,9)33-26)14-20(16-27)18(2)21(17)28-10-12-29(13-11-28)22(30)31-23(3,4)5/h14H,10-13,15-16,27H2,1-9H3. The van der Waals surface area contributed by atoms with Crippen LogP contribution in [-0.4, -0.2) is 61.1 Å². The topological polar surface area (TPSA) is 77.3 Å². The minimum Gasteiger partial charge on any atom is -0.444 e. The molecule has 0 saturated carbocycles. The zero-order valence-corrected chi connectivity index (χ0v) is 22.0. The van der Waals surface area contributed by atoms with Crippen LogP contribution in [0.5, 0.6) is 0 Å². The zero-order valence-electron chi connectivity index (χ0n) is 22.0. The summed E-state index contributed by atoms with van der Waals surface area (Å²) in [4.78, 5) is 16.7. The van der Waals surface area contributed by atoms with Crippen LogP contribution in [0.4, 0.5) is 10.5 Å². The van der Waals surface area contributed by atoms with Gasteiger partial charge < -0.3 is 29.6 Å². The molecule has 0 aliphatic carbocycles. The normalized spacial score (nSPS) is 20.4. The predicted octanol–water partition coefficient (Wildman–Crippen LogP) is 3.99. The van der Waals surface area contributed by atoms with Crippen LogP contribution in [0.2, 0.25) is 0 Å². The van der Waals surface area contributed by atoms with Crippen LogP contribution in [0.25, 0.3) is 0 Å². The maximum absolute atomic E-state index is 12.5. The molecule has 2 saturated heterocycles. The maximum atomic E-state index is 12.5. The Hall–Kier alpha value is -1.77. The van der Waals surface area contributed by atoms with Crippen molar-refractivity contribution in [3.05, 3.63) is 28.3 Å². The van der Waals surface area contributed by atoms with Crippen molar-refractivity contribution in [3.8, 4) is 0 Å². The molecule has 0 radical (unpaired) electrons. The highest BCUT2D eigenvalue weighted by Gasteiger charge is 2.51. The van der Waals surface area contributed by atoms with Crippen LogP contribution < -0.4 is 10.6 Å². The van der Waals surface area contributed by atoms with Gasteiger partial charge in [0, 0.05) is 44.7 Å². The lowest BCUT2D eigenvalue weighted by molar-refractivity contribution is 0.00578. The molecule has 33 heavy (non-hydrogen) atoms. The quantitative estimate of drug-likeness (QED) is 0.687. The van der Waals surface area contributed by atoms with E-state index in [0.29, 0.717) is 26.0 Å². The van der Waals surface area contributed by atoms with Gasteiger partial charge in [0.2, 0.25) is 0 Å². The molecule has 2 fully saturated rings. The van der Waals surface area contributed by atoms with Crippen LogP contribution in [0, 0.1) is 13.8 Å². The minimum atomic E-state index is -0.487. The number of carbonyl (C=O) groups excluding carboxylic acids is 1. The SMILES string of the molecule is Cc1c(CN)cc(CB2OC(C)(C)C(C)(C)O2)c(C)c1N1CCN(C(=O)OC(C)(C)C)CC1. The van der Waals surface area contributed by atoms with Crippen molar-refractivity contribution in [3.63, 3.8) is 0 Å². The van der Waals surface area contributed by atoms with Crippen molar-refractivity contribution >= 4 is 18.9 Å². The highest BCUT2D eigenvalue weighted by atomic mass is 16.7. The Kier molecular flexibility index (Phi) is 7.14. The summed E-state index contributed by atoms with van der Waals surface area (Å²) in [6, 6.07) is 2.20. The van der Waals surface area contributed by atoms with Gasteiger partial charge in [0.15, 0.2) is 0 Å². The highest BCUT2D eigenvalue weighted by Crippen LogP contribution is 2.39. The first-order valence-corrected chi connectivity index (χ1v) is 12.1. The van der Waals surface area contributed by atoms with Crippen LogP contribution in [0.1, 0.15) is 70.7 Å². The maximum Gasteiger partial charge on any atom is 0.462 e. The summed E-state index contributed by atoms with van der Waals surface area (Å²) in [5.74, 6) is 0. The Bertz CT molecular complexity index is 871. The molecule has 0 unspecified atom stereocenters. The van der Waals surface area contributed by atoms with E-state index in [9.17, 15) is 4.79 Å². The van der Waals surface area contributed by atoms with E-state index < -0.39 is 5.60 Å². The number of hydrogen-bond acceptors (Lipinski definition) is 6. The number of ether oxygens (including phenoxy) is 1. The summed E-state index contributed by atoms with van der Waals surface area (Å²) in [5, 5.41) is 0. The molecule has 0 atom stereocenters. The second-order valence-corrected chi connectivity index (χ2v) is 11.3. The number of benzene rings is 1. The Balaban J connectivity index is 1.80. The molecular formula is C25H42BN3O4. The lowest BCUT2D eigenvalue weighted by Crippen LogP contribution is -2.50. The molecule has 0 bridgehead atoms. The van der Waals surface area contributed by atoms with Crippen molar-refractivity contribution in [1.82, 2.24) is 4.90 Å². The molecule has 1 aromatic rings. The Morgan fingerprint density at radius 2 is 1.55 bits per heavy atom. The number of rotatable bonds is 4. The Morgan fingerprint density at radius 3 is 2.03 bits per heavy atom. The third-order valence-electron chi connectivity index (χ3n) is 7.18. The molecule has 2 aliphatic heterocycles. The van der Waals surface area contributed by atoms with Gasteiger partial charge in [-0.15, -0.1) is 0 Å². The van der Waals surface area contributed by atoms with E-state index in [-0.39, 0.29) is 24.4 Å². The number of amides is 1. The number of nitrogens with two attached hydrogens (primary N) is 1. The van der Waals surface area contributed by atoms with Gasteiger partial charge in [-0.1, -0.05) is 6.07 Å². The third-order valence-corrected chi connectivity index (χ3v) is 7.18. The fourth-order valence-corrected chi connectivity index (χ4v) is 4.58. The summed E-state index contributed by atoms with van der Waals surface area (Å²) < 4.78 is 18.1. The summed E-state index contributed by atoms with van der Waals surface area (Å²) in [7, 11) is -0.293. The average Bonchev–Trinajstić information content (AvgIpc) is 2.89. The summed E-state index contributed by atoms with van der Waals surface area (Å²) in [5.41, 5.74) is 10.9. The van der Waals surface area contributed by atoms with Gasteiger partial charge in [-0.25, -0.2) is 4.79 Å². The molecular weight excluding hydrogens is 417 g/mol. The van der Waals surface area contributed by atoms with Gasteiger partial charge in [0.1, 0.15) is 5.60 Å². The summed E-state index contributed by atoms with van der Waals surface area (Å²) in [6.07, 6.45) is 0.435. The number of anilines is 1. The molecule has 1 amide bonds. The predicted molar refractivity (Wildman–Crippen MR) is 134 cm³/mol. The zero-order chi connectivity index (χ0) is 24.8. The van der Waals surface area contributed by atoms with Gasteiger partial charge in [-0.2, -0.15) is 0 Å². The molecule has 8 heteroatoms. The van der Waals surface area contributed by atoms with E-state index in [0.717, 1.165) is 18.7 Å². The number of carbonyl (C=O) groups is 1. The van der Waals surface area contributed by atoms with Crippen molar-refractivity contribution in [2.75, 3.05) is 31.1 Å². The van der Waals surface area contributed by atoms with Gasteiger partial charge in [-0.3, -0.25) is 0 Å². The van der Waals surface area contributed by atoms with Crippen LogP contribution in [0.3, 0.4) is 0 Å². The highest BCUT2D eigenvalue weighted by molar-refractivity contribution is 6.45. The second kappa shape index (κ2) is 9.12. The third kappa shape index (κ3) is 5.49. The van der Waals surface area contributed by atoms with Crippen LogP contribution in [0.15, 0.2) is 6.07 Å². The first-order valence-electron chi connectivity index (χ1n) is 12.1. The van der Waals surface area contributed by atoms with E-state index in [4.69, 9.17) is 19.8 Å². The largest absolute Gasteiger partial charge is 0.462 e. The Morgan fingerprint density at radius 1 is 1.03 bits per heavy atom. The number of hydrogen-bond donors (Lipinski definition) is 1. The van der Waals surface area contributed by atoms with Crippen LogP contribution in [-0.2, 0) is 26.9 Å². The van der Waals surface area contributed by atoms with Crippen LogP contribution >= 0.6 is 0 Å². The molecule has 0 spiro atoms. The number of piperazine rings is 1. The lowest BCUT2D eigenvalue weighted by Gasteiger charge is -2.38. The molecule has 2 heterocycles. The molecule has 2 aliphatic rings. The van der Waals surface area contributed by atoms with Gasteiger partial charge in [0.05, 0.1) is 11.2 Å². The molecule has 2 N–H and O–H groups in total. The van der Waals surface area contributed by atoms with Gasteiger partial charge in [0.25, 0.3) is 0 Å². The molecule has 184 valence electrons. The monoisotopic (exact) mass is 459 g/mol. The first kappa shape index (κ1) is 25.9. The fraction of sp³-hybridized carbons (Fsp3) is 0.720. The van der Waals surface area contributed by atoms with Crippen molar-refractivity contribution in [2.45, 2.75) is 92.0 Å². The van der Waals surface area contributed by atoms with Gasteiger partial charge >= 0.3 is 13.2 Å². The van der Waals surface area contributed by atoms with E-state index >= 15 is 0 Å². The fourth-order valence-electron chi connectivity index (χ4n) is 4.58. The molecule has 0 aromatic heterocycles. The molecule has 1 aromatic carbocycles.